The van der Waals surface area contributed by atoms with Gasteiger partial charge in [-0.2, -0.15) is 0 Å². The molecule has 0 amide bonds. The molecule has 1 aliphatic heterocycles. The van der Waals surface area contributed by atoms with Crippen molar-refractivity contribution in [2.75, 3.05) is 13.1 Å². The Morgan fingerprint density at radius 1 is 0.958 bits per heavy atom. The van der Waals surface area contributed by atoms with Crippen LogP contribution in [0.5, 0.6) is 0 Å². The van der Waals surface area contributed by atoms with Gasteiger partial charge in [0.05, 0.1) is 10.7 Å². The first-order valence-electron chi connectivity index (χ1n) is 7.82. The lowest BCUT2D eigenvalue weighted by molar-refractivity contribution is 0.711. The molecule has 0 atom stereocenters. The first-order valence-corrected chi connectivity index (χ1v) is 8.20. The van der Waals surface area contributed by atoms with Gasteiger partial charge in [-0.25, -0.2) is 0 Å². The molecule has 0 radical (unpaired) electrons. The van der Waals surface area contributed by atoms with E-state index in [0.717, 1.165) is 53.5 Å². The largest absolute Gasteiger partial charge is 0.316 e. The molecule has 24 heavy (non-hydrogen) atoms. The van der Waals surface area contributed by atoms with Crippen LogP contribution in [0, 0.1) is 0 Å². The maximum absolute atomic E-state index is 6.57. The van der Waals surface area contributed by atoms with E-state index in [1.165, 1.54) is 11.1 Å². The van der Waals surface area contributed by atoms with Crippen molar-refractivity contribution in [1.29, 1.82) is 0 Å². The summed E-state index contributed by atoms with van der Waals surface area (Å²) in [6.07, 6.45) is 1.97. The average molecular weight is 361 g/mol. The molecule has 2 aromatic carbocycles. The zero-order valence-corrected chi connectivity index (χ0v) is 14.6. The monoisotopic (exact) mass is 360 g/mol. The number of halogens is 2. The number of hydrogen-bond acceptors (Lipinski definition) is 3. The summed E-state index contributed by atoms with van der Waals surface area (Å²) in [5, 5.41) is 15.6. The SMILES string of the molecule is Cl.Clc1ccc2c(c1-c1[nH]nnc1-c1ccccc1)CCNCC2. The van der Waals surface area contributed by atoms with Crippen molar-refractivity contribution < 1.29 is 0 Å². The molecule has 1 aliphatic rings. The summed E-state index contributed by atoms with van der Waals surface area (Å²) >= 11 is 6.57. The molecule has 2 heterocycles. The van der Waals surface area contributed by atoms with Crippen molar-refractivity contribution in [3.63, 3.8) is 0 Å². The van der Waals surface area contributed by atoms with Crippen LogP contribution in [-0.4, -0.2) is 28.5 Å². The number of hydrogen-bond donors (Lipinski definition) is 2. The third-order valence-corrected chi connectivity index (χ3v) is 4.64. The van der Waals surface area contributed by atoms with Gasteiger partial charge < -0.3 is 5.32 Å². The Morgan fingerprint density at radius 2 is 1.75 bits per heavy atom. The minimum atomic E-state index is 0. The topological polar surface area (TPSA) is 53.6 Å². The first kappa shape index (κ1) is 17.0. The Bertz CT molecular complexity index is 830. The molecule has 6 heteroatoms. The van der Waals surface area contributed by atoms with E-state index in [1.807, 2.05) is 36.4 Å². The standard InChI is InChI=1S/C18H17ClN4.ClH/c19-15-7-6-12-8-10-20-11-9-14(12)16(15)18-17(21-23-22-18)13-4-2-1-3-5-13;/h1-7,20H,8-11H2,(H,21,22,23);1H. The molecule has 0 saturated carbocycles. The average Bonchev–Trinajstić information content (AvgIpc) is 2.93. The van der Waals surface area contributed by atoms with Gasteiger partial charge >= 0.3 is 0 Å². The van der Waals surface area contributed by atoms with Gasteiger partial charge in [-0.15, -0.1) is 17.5 Å². The minimum Gasteiger partial charge on any atom is -0.316 e. The number of fused-ring (bicyclic) bond motifs is 1. The lowest BCUT2D eigenvalue weighted by atomic mass is 9.93. The normalized spacial score (nSPS) is 13.7. The fourth-order valence-corrected chi connectivity index (χ4v) is 3.49. The lowest BCUT2D eigenvalue weighted by Crippen LogP contribution is -2.16. The molecular weight excluding hydrogens is 343 g/mol. The zero-order valence-electron chi connectivity index (χ0n) is 13.1. The van der Waals surface area contributed by atoms with Gasteiger partial charge in [0.2, 0.25) is 0 Å². The number of aromatic nitrogens is 3. The Labute approximate surface area is 152 Å². The molecule has 0 saturated heterocycles. The number of benzene rings is 2. The number of rotatable bonds is 2. The quantitative estimate of drug-likeness (QED) is 0.728. The van der Waals surface area contributed by atoms with E-state index in [4.69, 9.17) is 11.6 Å². The van der Waals surface area contributed by atoms with E-state index in [9.17, 15) is 0 Å². The van der Waals surface area contributed by atoms with E-state index in [-0.39, 0.29) is 12.4 Å². The Morgan fingerprint density at radius 3 is 2.58 bits per heavy atom. The summed E-state index contributed by atoms with van der Waals surface area (Å²) in [6, 6.07) is 14.2. The molecule has 2 N–H and O–H groups in total. The van der Waals surface area contributed by atoms with Crippen LogP contribution in [0.3, 0.4) is 0 Å². The Hall–Kier alpha value is -1.88. The summed E-state index contributed by atoms with van der Waals surface area (Å²) in [6.45, 7) is 1.96. The molecule has 0 unspecified atom stereocenters. The third kappa shape index (κ3) is 3.05. The second-order valence-electron chi connectivity index (χ2n) is 5.71. The van der Waals surface area contributed by atoms with Crippen LogP contribution in [0.4, 0.5) is 0 Å². The summed E-state index contributed by atoms with van der Waals surface area (Å²) < 4.78 is 0. The number of aromatic amines is 1. The van der Waals surface area contributed by atoms with Gasteiger partial charge in [-0.05, 0) is 43.1 Å². The number of nitrogens with one attached hydrogen (secondary N) is 2. The van der Waals surface area contributed by atoms with Gasteiger partial charge in [0.1, 0.15) is 5.69 Å². The predicted octanol–water partition coefficient (Wildman–Crippen LogP) is 3.90. The second-order valence-corrected chi connectivity index (χ2v) is 6.12. The highest BCUT2D eigenvalue weighted by molar-refractivity contribution is 6.33. The van der Waals surface area contributed by atoms with Crippen molar-refractivity contribution >= 4 is 24.0 Å². The van der Waals surface area contributed by atoms with Crippen LogP contribution in [0.2, 0.25) is 5.02 Å². The summed E-state index contributed by atoms with van der Waals surface area (Å²) in [5.41, 5.74) is 6.47. The van der Waals surface area contributed by atoms with Crippen molar-refractivity contribution in [3.05, 3.63) is 58.6 Å². The molecule has 0 spiro atoms. The van der Waals surface area contributed by atoms with Crippen LogP contribution < -0.4 is 5.32 Å². The minimum absolute atomic E-state index is 0. The van der Waals surface area contributed by atoms with Crippen molar-refractivity contribution in [2.24, 2.45) is 0 Å². The van der Waals surface area contributed by atoms with Crippen molar-refractivity contribution in [2.45, 2.75) is 12.8 Å². The van der Waals surface area contributed by atoms with E-state index < -0.39 is 0 Å². The van der Waals surface area contributed by atoms with Crippen LogP contribution >= 0.6 is 24.0 Å². The predicted molar refractivity (Wildman–Crippen MR) is 99.8 cm³/mol. The first-order chi connectivity index (χ1) is 11.3. The molecule has 0 bridgehead atoms. The lowest BCUT2D eigenvalue weighted by Gasteiger charge is -2.14. The molecule has 3 aromatic rings. The van der Waals surface area contributed by atoms with Crippen LogP contribution in [0.1, 0.15) is 11.1 Å². The molecule has 0 aliphatic carbocycles. The molecule has 4 rings (SSSR count). The highest BCUT2D eigenvalue weighted by atomic mass is 35.5. The summed E-state index contributed by atoms with van der Waals surface area (Å²) in [7, 11) is 0. The van der Waals surface area contributed by atoms with Gasteiger partial charge in [0, 0.05) is 11.1 Å². The van der Waals surface area contributed by atoms with Crippen LogP contribution in [0.25, 0.3) is 22.5 Å². The second kappa shape index (κ2) is 7.34. The smallest absolute Gasteiger partial charge is 0.120 e. The van der Waals surface area contributed by atoms with Crippen molar-refractivity contribution in [1.82, 2.24) is 20.7 Å². The molecule has 124 valence electrons. The Balaban J connectivity index is 0.00000169. The maximum Gasteiger partial charge on any atom is 0.120 e. The van der Waals surface area contributed by atoms with E-state index >= 15 is 0 Å². The van der Waals surface area contributed by atoms with Gasteiger partial charge in [-0.3, -0.25) is 5.10 Å². The van der Waals surface area contributed by atoms with Gasteiger partial charge in [0.25, 0.3) is 0 Å². The van der Waals surface area contributed by atoms with Gasteiger partial charge in [-0.1, -0.05) is 53.2 Å². The molecular formula is C18H18Cl2N4. The van der Waals surface area contributed by atoms with E-state index in [2.05, 4.69) is 26.8 Å². The van der Waals surface area contributed by atoms with Crippen LogP contribution in [0.15, 0.2) is 42.5 Å². The number of nitrogens with zero attached hydrogens (tertiary/aromatic N) is 2. The van der Waals surface area contributed by atoms with Gasteiger partial charge in [0.15, 0.2) is 0 Å². The zero-order chi connectivity index (χ0) is 15.6. The van der Waals surface area contributed by atoms with E-state index in [0.29, 0.717) is 0 Å². The highest BCUT2D eigenvalue weighted by Gasteiger charge is 2.21. The fourth-order valence-electron chi connectivity index (χ4n) is 3.21. The van der Waals surface area contributed by atoms with Crippen molar-refractivity contribution in [3.8, 4) is 22.5 Å². The fraction of sp³-hybridized carbons (Fsp3) is 0.222. The summed E-state index contributed by atoms with van der Waals surface area (Å²) in [5.74, 6) is 0. The third-order valence-electron chi connectivity index (χ3n) is 4.33. The van der Waals surface area contributed by atoms with Crippen LogP contribution in [-0.2, 0) is 12.8 Å². The Kier molecular flexibility index (Phi) is 5.19. The summed E-state index contributed by atoms with van der Waals surface area (Å²) in [4.78, 5) is 0. The highest BCUT2D eigenvalue weighted by Crippen LogP contribution is 2.37. The maximum atomic E-state index is 6.57. The molecule has 0 fully saturated rings. The van der Waals surface area contributed by atoms with E-state index in [1.54, 1.807) is 0 Å². The number of H-pyrrole nitrogens is 1. The molecule has 4 nitrogen and oxygen atoms in total. The molecule has 1 aromatic heterocycles.